The SMILES string of the molecule is C=CCC1(C(=O)N2CCCCC2)Cc2ccc(OCCCCl)cc21. The molecule has 1 saturated heterocycles. The highest BCUT2D eigenvalue weighted by Gasteiger charge is 2.50. The molecular formula is C20H26ClNO2. The Morgan fingerprint density at radius 1 is 1.33 bits per heavy atom. The number of ether oxygens (including phenoxy) is 1. The van der Waals surface area contributed by atoms with E-state index in [0.717, 1.165) is 50.1 Å². The molecule has 0 aromatic heterocycles. The van der Waals surface area contributed by atoms with Gasteiger partial charge >= 0.3 is 0 Å². The van der Waals surface area contributed by atoms with Crippen LogP contribution in [0.25, 0.3) is 0 Å². The number of allylic oxidation sites excluding steroid dienone is 1. The number of hydrogen-bond acceptors (Lipinski definition) is 2. The summed E-state index contributed by atoms with van der Waals surface area (Å²) in [5.41, 5.74) is 1.95. The first kappa shape index (κ1) is 17.3. The molecule has 24 heavy (non-hydrogen) atoms. The minimum absolute atomic E-state index is 0.271. The Hall–Kier alpha value is -1.48. The van der Waals surface area contributed by atoms with Crippen LogP contribution in [0.15, 0.2) is 30.9 Å². The van der Waals surface area contributed by atoms with E-state index in [0.29, 0.717) is 18.9 Å². The molecule has 1 atom stereocenters. The number of nitrogens with zero attached hydrogens (tertiary/aromatic N) is 1. The summed E-state index contributed by atoms with van der Waals surface area (Å²) in [4.78, 5) is 15.3. The second-order valence-corrected chi connectivity index (χ2v) is 7.19. The third-order valence-electron chi connectivity index (χ3n) is 5.18. The van der Waals surface area contributed by atoms with E-state index in [4.69, 9.17) is 16.3 Å². The minimum Gasteiger partial charge on any atom is -0.494 e. The lowest BCUT2D eigenvalue weighted by Crippen LogP contribution is -2.54. The minimum atomic E-state index is -0.430. The molecule has 3 rings (SSSR count). The summed E-state index contributed by atoms with van der Waals surface area (Å²) in [6, 6.07) is 6.14. The van der Waals surface area contributed by atoms with Gasteiger partial charge in [0.25, 0.3) is 0 Å². The standard InChI is InChI=1S/C20H26ClNO2/c1-2-9-20(19(23)22-11-4-3-5-12-22)15-16-7-8-17(14-18(16)20)24-13-6-10-21/h2,7-8,14H,1,3-6,9-13,15H2. The van der Waals surface area contributed by atoms with Crippen molar-refractivity contribution in [2.24, 2.45) is 0 Å². The lowest BCUT2D eigenvalue weighted by Gasteiger charge is -2.46. The first-order chi connectivity index (χ1) is 11.7. The highest BCUT2D eigenvalue weighted by atomic mass is 35.5. The van der Waals surface area contributed by atoms with E-state index >= 15 is 0 Å². The zero-order chi connectivity index (χ0) is 17.0. The van der Waals surface area contributed by atoms with E-state index in [2.05, 4.69) is 23.6 Å². The third kappa shape index (κ3) is 3.19. The summed E-state index contributed by atoms with van der Waals surface area (Å²) in [6.45, 7) is 6.28. The van der Waals surface area contributed by atoms with Crippen LogP contribution in [0.5, 0.6) is 5.75 Å². The third-order valence-corrected chi connectivity index (χ3v) is 5.45. The van der Waals surface area contributed by atoms with E-state index in [1.54, 1.807) is 0 Å². The molecule has 0 saturated carbocycles. The molecule has 0 bridgehead atoms. The average molecular weight is 348 g/mol. The van der Waals surface area contributed by atoms with E-state index in [9.17, 15) is 4.79 Å². The maximum Gasteiger partial charge on any atom is 0.233 e. The normalized spacial score (nSPS) is 22.5. The lowest BCUT2D eigenvalue weighted by molar-refractivity contribution is -0.139. The van der Waals surface area contributed by atoms with Gasteiger partial charge in [-0.3, -0.25) is 4.79 Å². The summed E-state index contributed by atoms with van der Waals surface area (Å²) in [7, 11) is 0. The highest BCUT2D eigenvalue weighted by Crippen LogP contribution is 2.47. The van der Waals surface area contributed by atoms with Gasteiger partial charge in [-0.2, -0.15) is 0 Å². The molecule has 130 valence electrons. The van der Waals surface area contributed by atoms with Crippen LogP contribution in [0.3, 0.4) is 0 Å². The van der Waals surface area contributed by atoms with Crippen molar-refractivity contribution in [1.29, 1.82) is 0 Å². The van der Waals surface area contributed by atoms with Crippen molar-refractivity contribution >= 4 is 17.5 Å². The number of amides is 1. The molecule has 1 aliphatic heterocycles. The van der Waals surface area contributed by atoms with Crippen molar-refractivity contribution in [2.75, 3.05) is 25.6 Å². The molecule has 1 amide bonds. The van der Waals surface area contributed by atoms with E-state index in [-0.39, 0.29) is 5.91 Å². The molecule has 1 aromatic carbocycles. The molecule has 1 aliphatic carbocycles. The summed E-state index contributed by atoms with van der Waals surface area (Å²) < 4.78 is 5.78. The number of carbonyl (C=O) groups is 1. The fourth-order valence-electron chi connectivity index (χ4n) is 3.91. The van der Waals surface area contributed by atoms with Crippen LogP contribution in [0.2, 0.25) is 0 Å². The summed E-state index contributed by atoms with van der Waals surface area (Å²) in [6.07, 6.45) is 7.67. The molecule has 0 radical (unpaired) electrons. The molecule has 4 heteroatoms. The Morgan fingerprint density at radius 2 is 2.12 bits per heavy atom. The summed E-state index contributed by atoms with van der Waals surface area (Å²) >= 11 is 5.71. The van der Waals surface area contributed by atoms with Crippen molar-refractivity contribution in [1.82, 2.24) is 4.90 Å². The van der Waals surface area contributed by atoms with Crippen molar-refractivity contribution in [3.8, 4) is 5.75 Å². The number of alkyl halides is 1. The second-order valence-electron chi connectivity index (χ2n) is 6.81. The van der Waals surface area contributed by atoms with Crippen LogP contribution in [0.4, 0.5) is 0 Å². The van der Waals surface area contributed by atoms with Crippen LogP contribution >= 0.6 is 11.6 Å². The molecular weight excluding hydrogens is 322 g/mol. The zero-order valence-electron chi connectivity index (χ0n) is 14.2. The van der Waals surface area contributed by atoms with Crippen molar-refractivity contribution in [2.45, 2.75) is 43.9 Å². The van der Waals surface area contributed by atoms with Gasteiger partial charge in [0.15, 0.2) is 0 Å². The van der Waals surface area contributed by atoms with Gasteiger partial charge in [0.1, 0.15) is 5.75 Å². The van der Waals surface area contributed by atoms with E-state index < -0.39 is 5.41 Å². The highest BCUT2D eigenvalue weighted by molar-refractivity contribution is 6.17. The predicted molar refractivity (Wildman–Crippen MR) is 97.9 cm³/mol. The van der Waals surface area contributed by atoms with Gasteiger partial charge in [-0.1, -0.05) is 12.1 Å². The quantitative estimate of drug-likeness (QED) is 0.422. The number of hydrogen-bond donors (Lipinski definition) is 0. The van der Waals surface area contributed by atoms with Crippen LogP contribution in [-0.4, -0.2) is 36.4 Å². The lowest BCUT2D eigenvalue weighted by atomic mass is 9.61. The Labute approximate surface area is 149 Å². The Kier molecular flexibility index (Phi) is 5.50. The number of halogens is 1. The zero-order valence-corrected chi connectivity index (χ0v) is 15.0. The number of rotatable bonds is 7. The van der Waals surface area contributed by atoms with Crippen molar-refractivity contribution < 1.29 is 9.53 Å². The fourth-order valence-corrected chi connectivity index (χ4v) is 4.02. The molecule has 1 aromatic rings. The maximum absolute atomic E-state index is 13.2. The van der Waals surface area contributed by atoms with Gasteiger partial charge in [0.2, 0.25) is 5.91 Å². The van der Waals surface area contributed by atoms with Gasteiger partial charge in [0.05, 0.1) is 12.0 Å². The van der Waals surface area contributed by atoms with Gasteiger partial charge in [-0.15, -0.1) is 18.2 Å². The smallest absolute Gasteiger partial charge is 0.233 e. The maximum atomic E-state index is 13.2. The largest absolute Gasteiger partial charge is 0.494 e. The number of likely N-dealkylation sites (tertiary alicyclic amines) is 1. The van der Waals surface area contributed by atoms with E-state index in [1.807, 2.05) is 12.1 Å². The summed E-state index contributed by atoms with van der Waals surface area (Å²) in [5.74, 6) is 1.70. The topological polar surface area (TPSA) is 29.5 Å². The number of piperidine rings is 1. The fraction of sp³-hybridized carbons (Fsp3) is 0.550. The number of carbonyl (C=O) groups excluding carboxylic acids is 1. The Morgan fingerprint density at radius 3 is 2.83 bits per heavy atom. The van der Waals surface area contributed by atoms with Gasteiger partial charge in [-0.25, -0.2) is 0 Å². The van der Waals surface area contributed by atoms with Gasteiger partial charge in [-0.05, 0) is 61.8 Å². The molecule has 0 spiro atoms. The van der Waals surface area contributed by atoms with Gasteiger partial charge < -0.3 is 9.64 Å². The molecule has 1 heterocycles. The summed E-state index contributed by atoms with van der Waals surface area (Å²) in [5, 5.41) is 0. The monoisotopic (exact) mass is 347 g/mol. The van der Waals surface area contributed by atoms with Crippen molar-refractivity contribution in [3.05, 3.63) is 42.0 Å². The number of fused-ring (bicyclic) bond motifs is 1. The second kappa shape index (κ2) is 7.60. The van der Waals surface area contributed by atoms with Gasteiger partial charge in [0, 0.05) is 19.0 Å². The molecule has 3 nitrogen and oxygen atoms in total. The predicted octanol–water partition coefficient (Wildman–Crippen LogP) is 4.08. The van der Waals surface area contributed by atoms with Crippen LogP contribution in [-0.2, 0) is 16.6 Å². The molecule has 0 N–H and O–H groups in total. The van der Waals surface area contributed by atoms with Crippen LogP contribution < -0.4 is 4.74 Å². The van der Waals surface area contributed by atoms with Crippen LogP contribution in [0, 0.1) is 0 Å². The van der Waals surface area contributed by atoms with Crippen LogP contribution in [0.1, 0.15) is 43.2 Å². The number of benzene rings is 1. The molecule has 1 unspecified atom stereocenters. The molecule has 1 fully saturated rings. The van der Waals surface area contributed by atoms with Crippen molar-refractivity contribution in [3.63, 3.8) is 0 Å². The molecule has 2 aliphatic rings. The Balaban J connectivity index is 1.82. The Bertz CT molecular complexity index is 610. The van der Waals surface area contributed by atoms with E-state index in [1.165, 1.54) is 12.0 Å². The first-order valence-corrected chi connectivity index (χ1v) is 9.47. The first-order valence-electron chi connectivity index (χ1n) is 8.94. The average Bonchev–Trinajstić information content (AvgIpc) is 2.61.